The Kier molecular flexibility index (Phi) is 6.14. The summed E-state index contributed by atoms with van der Waals surface area (Å²) in [5.74, 6) is 0.00884. The lowest BCUT2D eigenvalue weighted by atomic mass is 9.93. The maximum absolute atomic E-state index is 12.7. The summed E-state index contributed by atoms with van der Waals surface area (Å²) in [6.45, 7) is 6.82. The summed E-state index contributed by atoms with van der Waals surface area (Å²) in [5, 5.41) is 9.51. The Hall–Kier alpha value is -2.60. The number of benzene rings is 2. The molecule has 0 bridgehead atoms. The smallest absolute Gasteiger partial charge is 0.228 e. The molecule has 0 aliphatic rings. The van der Waals surface area contributed by atoms with Gasteiger partial charge in [0.1, 0.15) is 0 Å². The Labute approximate surface area is 144 Å². The summed E-state index contributed by atoms with van der Waals surface area (Å²) in [7, 11) is 0. The van der Waals surface area contributed by atoms with Gasteiger partial charge in [-0.3, -0.25) is 4.79 Å². The van der Waals surface area contributed by atoms with Gasteiger partial charge in [-0.1, -0.05) is 56.3 Å². The second-order valence-electron chi connectivity index (χ2n) is 6.18. The largest absolute Gasteiger partial charge is 0.313 e. The lowest BCUT2D eigenvalue weighted by Crippen LogP contribution is -2.31. The third-order valence-electron chi connectivity index (χ3n) is 4.23. The topological polar surface area (TPSA) is 44.1 Å². The van der Waals surface area contributed by atoms with Gasteiger partial charge in [-0.05, 0) is 36.1 Å². The molecule has 0 aliphatic heterocycles. The molecular formula is C21H24N2O. The van der Waals surface area contributed by atoms with Crippen molar-refractivity contribution in [2.75, 3.05) is 11.4 Å². The number of hydrogen-bond donors (Lipinski definition) is 0. The van der Waals surface area contributed by atoms with Crippen molar-refractivity contribution < 1.29 is 4.79 Å². The summed E-state index contributed by atoms with van der Waals surface area (Å²) in [5.41, 5.74) is 3.01. The van der Waals surface area contributed by atoms with E-state index in [1.165, 1.54) is 5.56 Å². The number of carbonyl (C=O) groups is 1. The lowest BCUT2D eigenvalue weighted by Gasteiger charge is -2.22. The first kappa shape index (κ1) is 17.7. The molecule has 24 heavy (non-hydrogen) atoms. The van der Waals surface area contributed by atoms with E-state index in [1.807, 2.05) is 61.5 Å². The van der Waals surface area contributed by atoms with E-state index in [-0.39, 0.29) is 12.3 Å². The molecule has 2 rings (SSSR count). The Bertz CT molecular complexity index is 699. The van der Waals surface area contributed by atoms with Crippen LogP contribution in [0.25, 0.3) is 0 Å². The first-order valence-electron chi connectivity index (χ1n) is 8.41. The fourth-order valence-electron chi connectivity index (χ4n) is 2.75. The Morgan fingerprint density at radius 1 is 1.04 bits per heavy atom. The highest BCUT2D eigenvalue weighted by atomic mass is 16.2. The number of nitrogens with zero attached hydrogens (tertiary/aromatic N) is 2. The van der Waals surface area contributed by atoms with Crippen LogP contribution in [0.1, 0.15) is 50.2 Å². The van der Waals surface area contributed by atoms with E-state index in [2.05, 4.69) is 19.9 Å². The molecule has 2 aromatic carbocycles. The molecule has 0 saturated carbocycles. The number of nitriles is 1. The highest BCUT2D eigenvalue weighted by Crippen LogP contribution is 2.24. The fourth-order valence-corrected chi connectivity index (χ4v) is 2.75. The maximum Gasteiger partial charge on any atom is 0.228 e. The van der Waals surface area contributed by atoms with Gasteiger partial charge in [-0.25, -0.2) is 0 Å². The molecular weight excluding hydrogens is 296 g/mol. The van der Waals surface area contributed by atoms with Gasteiger partial charge in [-0.15, -0.1) is 0 Å². The standard InChI is InChI=1S/C21H24N2O/c1-4-23(20-8-6-5-7-9-20)21(24)14-19(15-22)18-12-10-17(11-13-18)16(2)3/h5-13,16,19H,4,14H2,1-3H3. The molecule has 3 heteroatoms. The summed E-state index contributed by atoms with van der Waals surface area (Å²) in [6, 6.07) is 19.9. The molecule has 0 heterocycles. The van der Waals surface area contributed by atoms with Gasteiger partial charge in [0.05, 0.1) is 12.0 Å². The number of hydrogen-bond acceptors (Lipinski definition) is 2. The van der Waals surface area contributed by atoms with E-state index in [1.54, 1.807) is 4.90 Å². The first-order valence-corrected chi connectivity index (χ1v) is 8.41. The van der Waals surface area contributed by atoms with Crippen LogP contribution in [0, 0.1) is 11.3 Å². The van der Waals surface area contributed by atoms with Crippen molar-refractivity contribution in [3.05, 3.63) is 65.7 Å². The van der Waals surface area contributed by atoms with Gasteiger partial charge in [0, 0.05) is 18.7 Å². The quantitative estimate of drug-likeness (QED) is 0.763. The minimum Gasteiger partial charge on any atom is -0.313 e. The van der Waals surface area contributed by atoms with Crippen molar-refractivity contribution in [2.45, 2.75) is 39.0 Å². The zero-order valence-corrected chi connectivity index (χ0v) is 14.6. The molecule has 1 amide bonds. The van der Waals surface area contributed by atoms with Crippen LogP contribution in [0.3, 0.4) is 0 Å². The number of carbonyl (C=O) groups excluding carboxylic acids is 1. The third kappa shape index (κ3) is 4.23. The summed E-state index contributed by atoms with van der Waals surface area (Å²) in [6.07, 6.45) is 0.195. The van der Waals surface area contributed by atoms with E-state index in [4.69, 9.17) is 0 Å². The van der Waals surface area contributed by atoms with Gasteiger partial charge in [-0.2, -0.15) is 5.26 Å². The number of amides is 1. The molecule has 1 unspecified atom stereocenters. The van der Waals surface area contributed by atoms with E-state index in [0.29, 0.717) is 12.5 Å². The van der Waals surface area contributed by atoms with Crippen molar-refractivity contribution in [3.63, 3.8) is 0 Å². The molecule has 0 aliphatic carbocycles. The van der Waals surface area contributed by atoms with Crippen molar-refractivity contribution in [3.8, 4) is 6.07 Å². The van der Waals surface area contributed by atoms with Crippen LogP contribution in [0.5, 0.6) is 0 Å². The highest BCUT2D eigenvalue weighted by molar-refractivity contribution is 5.94. The average Bonchev–Trinajstić information content (AvgIpc) is 2.61. The van der Waals surface area contributed by atoms with Crippen LogP contribution in [0.2, 0.25) is 0 Å². The fraction of sp³-hybridized carbons (Fsp3) is 0.333. The van der Waals surface area contributed by atoms with Gasteiger partial charge >= 0.3 is 0 Å². The van der Waals surface area contributed by atoms with E-state index >= 15 is 0 Å². The minimum absolute atomic E-state index is 0.0248. The van der Waals surface area contributed by atoms with E-state index in [0.717, 1.165) is 11.3 Å². The normalized spacial score (nSPS) is 11.8. The Morgan fingerprint density at radius 2 is 1.62 bits per heavy atom. The van der Waals surface area contributed by atoms with Crippen LogP contribution in [-0.2, 0) is 4.79 Å². The van der Waals surface area contributed by atoms with Crippen LogP contribution < -0.4 is 4.90 Å². The number of rotatable bonds is 6. The van der Waals surface area contributed by atoms with Crippen molar-refractivity contribution in [1.29, 1.82) is 5.26 Å². The predicted molar refractivity (Wildman–Crippen MR) is 98.0 cm³/mol. The van der Waals surface area contributed by atoms with Crippen molar-refractivity contribution >= 4 is 11.6 Å². The monoisotopic (exact) mass is 320 g/mol. The number of anilines is 1. The van der Waals surface area contributed by atoms with Gasteiger partial charge in [0.15, 0.2) is 0 Å². The summed E-state index contributed by atoms with van der Waals surface area (Å²) in [4.78, 5) is 14.4. The summed E-state index contributed by atoms with van der Waals surface area (Å²) < 4.78 is 0. The maximum atomic E-state index is 12.7. The SMILES string of the molecule is CCN(C(=O)CC(C#N)c1ccc(C(C)C)cc1)c1ccccc1. The van der Waals surface area contributed by atoms with Crippen molar-refractivity contribution in [2.24, 2.45) is 0 Å². The molecule has 1 atom stereocenters. The van der Waals surface area contributed by atoms with Gasteiger partial charge in [0.25, 0.3) is 0 Å². The Morgan fingerprint density at radius 3 is 2.12 bits per heavy atom. The zero-order chi connectivity index (χ0) is 17.5. The Balaban J connectivity index is 2.14. The lowest BCUT2D eigenvalue weighted by molar-refractivity contribution is -0.118. The van der Waals surface area contributed by atoms with Crippen LogP contribution in [-0.4, -0.2) is 12.5 Å². The molecule has 3 nitrogen and oxygen atoms in total. The highest BCUT2D eigenvalue weighted by Gasteiger charge is 2.20. The van der Waals surface area contributed by atoms with E-state index in [9.17, 15) is 10.1 Å². The van der Waals surface area contributed by atoms with Crippen molar-refractivity contribution in [1.82, 2.24) is 0 Å². The molecule has 0 aromatic heterocycles. The molecule has 0 fully saturated rings. The minimum atomic E-state index is -0.420. The zero-order valence-electron chi connectivity index (χ0n) is 14.6. The van der Waals surface area contributed by atoms with E-state index < -0.39 is 5.92 Å². The third-order valence-corrected chi connectivity index (χ3v) is 4.23. The predicted octanol–water partition coefficient (Wildman–Crippen LogP) is 4.86. The molecule has 2 aromatic rings. The van der Waals surface area contributed by atoms with Crippen LogP contribution >= 0.6 is 0 Å². The molecule has 0 saturated heterocycles. The molecule has 0 spiro atoms. The summed E-state index contributed by atoms with van der Waals surface area (Å²) >= 11 is 0. The van der Waals surface area contributed by atoms with Crippen LogP contribution in [0.4, 0.5) is 5.69 Å². The average molecular weight is 320 g/mol. The second kappa shape index (κ2) is 8.31. The second-order valence-corrected chi connectivity index (χ2v) is 6.18. The first-order chi connectivity index (χ1) is 11.6. The van der Waals surface area contributed by atoms with Crippen LogP contribution in [0.15, 0.2) is 54.6 Å². The molecule has 124 valence electrons. The van der Waals surface area contributed by atoms with Gasteiger partial charge < -0.3 is 4.90 Å². The molecule has 0 radical (unpaired) electrons. The number of para-hydroxylation sites is 1. The molecule has 0 N–H and O–H groups in total. The van der Waals surface area contributed by atoms with Gasteiger partial charge in [0.2, 0.25) is 5.91 Å².